The molecular weight excluding hydrogens is 270 g/mol. The third-order valence-electron chi connectivity index (χ3n) is 2.18. The lowest BCUT2D eigenvalue weighted by Gasteiger charge is -2.05. The lowest BCUT2D eigenvalue weighted by atomic mass is 10.1. The third kappa shape index (κ3) is 2.89. The minimum atomic E-state index is -4.39. The largest absolute Gasteiger partial charge is 0.334 e. The molecule has 0 N–H and O–H groups in total. The lowest BCUT2D eigenvalue weighted by molar-refractivity contribution is -0.711. The molecule has 8 heteroatoms. The minimum Gasteiger partial charge on any atom is -0.196 e. The van der Waals surface area contributed by atoms with E-state index in [1.165, 1.54) is 12.1 Å². The molecule has 0 unspecified atom stereocenters. The van der Waals surface area contributed by atoms with Crippen LogP contribution in [0, 0.1) is 10.1 Å². The first-order valence-electron chi connectivity index (χ1n) is 4.57. The van der Waals surface area contributed by atoms with Gasteiger partial charge in [-0.15, -0.1) is 10.1 Å². The van der Waals surface area contributed by atoms with Crippen molar-refractivity contribution in [3.05, 3.63) is 52.6 Å². The van der Waals surface area contributed by atoms with Crippen LogP contribution in [0.25, 0.3) is 10.8 Å². The van der Waals surface area contributed by atoms with E-state index in [-0.39, 0.29) is 27.9 Å². The molecule has 18 heavy (non-hydrogen) atoms. The van der Waals surface area contributed by atoms with E-state index in [1.807, 2.05) is 0 Å². The predicted molar refractivity (Wildman–Crippen MR) is 67.8 cm³/mol. The summed E-state index contributed by atoms with van der Waals surface area (Å²) in [6, 6.07) is 11.1. The Bertz CT molecular complexity index is 680. The quantitative estimate of drug-likeness (QED) is 0.472. The fourth-order valence-electron chi connectivity index (χ4n) is 1.53. The number of hydrogen-bond donors (Lipinski definition) is 0. The molecule has 2 aromatic rings. The molecule has 0 aliphatic rings. The van der Waals surface area contributed by atoms with E-state index >= 15 is 0 Å². The fraction of sp³-hybridized carbons (Fsp3) is 0. The zero-order valence-electron chi connectivity index (χ0n) is 8.44. The molecule has 92 valence electrons. The topological polar surface area (TPSA) is 86.5 Å². The summed E-state index contributed by atoms with van der Waals surface area (Å²) in [5.74, 6) is 0. The molecule has 2 aromatic carbocycles. The Morgan fingerprint density at radius 1 is 1.06 bits per heavy atom. The van der Waals surface area contributed by atoms with Gasteiger partial charge in [0, 0.05) is 5.39 Å². The molecular formula is C10H9MgNO5S. The van der Waals surface area contributed by atoms with Gasteiger partial charge in [0.05, 0.1) is 0 Å². The third-order valence-corrected chi connectivity index (χ3v) is 3.39. The highest BCUT2D eigenvalue weighted by atomic mass is 32.2. The first-order chi connectivity index (χ1) is 8.00. The van der Waals surface area contributed by atoms with Crippen molar-refractivity contribution in [2.24, 2.45) is 0 Å². The Morgan fingerprint density at radius 3 is 2.33 bits per heavy atom. The molecule has 0 aliphatic carbocycles. The van der Waals surface area contributed by atoms with E-state index in [0.29, 0.717) is 10.8 Å². The monoisotopic (exact) mass is 279 g/mol. The molecule has 0 saturated carbocycles. The summed E-state index contributed by atoms with van der Waals surface area (Å²) in [6.07, 6.45) is 0. The van der Waals surface area contributed by atoms with Gasteiger partial charge < -0.3 is 0 Å². The average molecular weight is 280 g/mol. The summed E-state index contributed by atoms with van der Waals surface area (Å²) in [5.41, 5.74) is 0. The Hall–Kier alpha value is -1.38. The van der Waals surface area contributed by atoms with E-state index in [1.54, 1.807) is 30.3 Å². The van der Waals surface area contributed by atoms with Crippen LogP contribution in [-0.4, -0.2) is 36.6 Å². The number of rotatable bonds is 3. The van der Waals surface area contributed by atoms with Gasteiger partial charge in [0.2, 0.25) is 0 Å². The standard InChI is InChI=1S/C10H7NO5S.Mg.2H/c12-11(13)16-17(14,15)10-7-3-5-8-4-1-2-6-9(8)10;;;/h1-7H;;;. The number of benzene rings is 2. The van der Waals surface area contributed by atoms with E-state index in [4.69, 9.17) is 0 Å². The second-order valence-corrected chi connectivity index (χ2v) is 4.73. The molecule has 0 amide bonds. The predicted octanol–water partition coefficient (Wildman–Crippen LogP) is 0.821. The van der Waals surface area contributed by atoms with Crippen LogP contribution in [0.1, 0.15) is 0 Å². The van der Waals surface area contributed by atoms with Crippen LogP contribution in [0.15, 0.2) is 47.4 Å². The van der Waals surface area contributed by atoms with Gasteiger partial charge in [0.25, 0.3) is 0 Å². The molecule has 0 fully saturated rings. The van der Waals surface area contributed by atoms with Gasteiger partial charge in [-0.25, -0.2) is 0 Å². The van der Waals surface area contributed by atoms with Crippen molar-refractivity contribution >= 4 is 43.9 Å². The molecule has 0 radical (unpaired) electrons. The number of fused-ring (bicyclic) bond motifs is 1. The fourth-order valence-corrected chi connectivity index (χ4v) is 2.47. The van der Waals surface area contributed by atoms with Crippen LogP contribution < -0.4 is 0 Å². The summed E-state index contributed by atoms with van der Waals surface area (Å²) >= 11 is 0. The van der Waals surface area contributed by atoms with Crippen LogP contribution in [0.3, 0.4) is 0 Å². The molecule has 2 rings (SSSR count). The second kappa shape index (κ2) is 5.51. The van der Waals surface area contributed by atoms with Crippen molar-refractivity contribution in [2.75, 3.05) is 0 Å². The van der Waals surface area contributed by atoms with E-state index in [2.05, 4.69) is 4.28 Å². The Labute approximate surface area is 119 Å². The highest BCUT2D eigenvalue weighted by Gasteiger charge is 2.21. The van der Waals surface area contributed by atoms with Crippen LogP contribution in [0.5, 0.6) is 0 Å². The molecule has 0 aliphatic heterocycles. The smallest absolute Gasteiger partial charge is 0.196 e. The van der Waals surface area contributed by atoms with Gasteiger partial charge in [-0.1, -0.05) is 36.4 Å². The van der Waals surface area contributed by atoms with Gasteiger partial charge in [-0.05, 0) is 11.5 Å². The second-order valence-electron chi connectivity index (χ2n) is 3.23. The highest BCUT2D eigenvalue weighted by molar-refractivity contribution is 7.86. The molecule has 0 bridgehead atoms. The molecule has 0 aromatic heterocycles. The molecule has 0 spiro atoms. The van der Waals surface area contributed by atoms with E-state index < -0.39 is 15.2 Å². The maximum atomic E-state index is 11.6. The van der Waals surface area contributed by atoms with E-state index in [0.717, 1.165) is 0 Å². The Morgan fingerprint density at radius 2 is 1.67 bits per heavy atom. The van der Waals surface area contributed by atoms with Crippen molar-refractivity contribution in [3.63, 3.8) is 0 Å². The molecule has 0 heterocycles. The van der Waals surface area contributed by atoms with Gasteiger partial charge in [-0.3, -0.25) is 0 Å². The minimum absolute atomic E-state index is 0. The Balaban J connectivity index is 0.00000162. The summed E-state index contributed by atoms with van der Waals surface area (Å²) < 4.78 is 26.9. The average Bonchev–Trinajstić information content (AvgIpc) is 2.26. The van der Waals surface area contributed by atoms with Crippen LogP contribution in [0.2, 0.25) is 0 Å². The van der Waals surface area contributed by atoms with Crippen molar-refractivity contribution in [1.29, 1.82) is 0 Å². The maximum absolute atomic E-state index is 11.6. The summed E-state index contributed by atoms with van der Waals surface area (Å²) in [5, 5.41) is 9.85. The van der Waals surface area contributed by atoms with Crippen LogP contribution in [0.4, 0.5) is 0 Å². The molecule has 0 saturated heterocycles. The first kappa shape index (κ1) is 14.7. The molecule has 6 nitrogen and oxygen atoms in total. The zero-order valence-corrected chi connectivity index (χ0v) is 9.25. The highest BCUT2D eigenvalue weighted by Crippen LogP contribution is 2.24. The lowest BCUT2D eigenvalue weighted by Crippen LogP contribution is -2.11. The van der Waals surface area contributed by atoms with Gasteiger partial charge in [0.1, 0.15) is 4.90 Å². The summed E-state index contributed by atoms with van der Waals surface area (Å²) in [7, 11) is -4.39. The Kier molecular flexibility index (Phi) is 4.49. The first-order valence-corrected chi connectivity index (χ1v) is 5.98. The molecule has 0 atom stereocenters. The normalized spacial score (nSPS) is 10.7. The van der Waals surface area contributed by atoms with Gasteiger partial charge in [0.15, 0.2) is 0 Å². The SMILES string of the molecule is O=[N+]([O-])OS(=O)(=O)c1cccc2ccccc12.[MgH2]. The van der Waals surface area contributed by atoms with Crippen LogP contribution in [-0.2, 0) is 14.4 Å². The van der Waals surface area contributed by atoms with Crippen LogP contribution >= 0.6 is 0 Å². The van der Waals surface area contributed by atoms with Crippen molar-refractivity contribution in [2.45, 2.75) is 4.90 Å². The number of hydrogen-bond acceptors (Lipinski definition) is 5. The van der Waals surface area contributed by atoms with E-state index in [9.17, 15) is 18.5 Å². The van der Waals surface area contributed by atoms with Gasteiger partial charge >= 0.3 is 38.3 Å². The van der Waals surface area contributed by atoms with Crippen molar-refractivity contribution in [1.82, 2.24) is 0 Å². The summed E-state index contributed by atoms with van der Waals surface area (Å²) in [6.45, 7) is 0. The van der Waals surface area contributed by atoms with Gasteiger partial charge in [-0.2, -0.15) is 12.7 Å². The zero-order chi connectivity index (χ0) is 12.5. The van der Waals surface area contributed by atoms with Crippen molar-refractivity contribution < 1.29 is 17.8 Å². The van der Waals surface area contributed by atoms with Crippen molar-refractivity contribution in [3.8, 4) is 0 Å². The summed E-state index contributed by atoms with van der Waals surface area (Å²) in [4.78, 5) is 9.91. The maximum Gasteiger partial charge on any atom is 0.334 e. The number of nitrogens with zero attached hydrogens (tertiary/aromatic N) is 1.